The fraction of sp³-hybridized carbons (Fsp3) is 0. The van der Waals surface area contributed by atoms with E-state index in [1.54, 1.807) is 18.2 Å². The monoisotopic (exact) mass is 316 g/mol. The van der Waals surface area contributed by atoms with Crippen LogP contribution in [0.2, 0.25) is 0 Å². The third-order valence-corrected chi connectivity index (χ3v) is 2.51. The summed E-state index contributed by atoms with van der Waals surface area (Å²) in [7, 11) is 0. The highest BCUT2D eigenvalue weighted by atomic mass is 127. The molecular formula is C11H6FIO2. The van der Waals surface area contributed by atoms with E-state index in [9.17, 15) is 9.18 Å². The van der Waals surface area contributed by atoms with Gasteiger partial charge in [-0.15, -0.1) is 0 Å². The predicted molar refractivity (Wildman–Crippen MR) is 62.2 cm³/mol. The van der Waals surface area contributed by atoms with Crippen LogP contribution in [0, 0.1) is 9.39 Å². The number of hydrogen-bond donors (Lipinski definition) is 0. The number of carbonyl (C=O) groups excluding carboxylic acids is 1. The number of furan rings is 1. The van der Waals surface area contributed by atoms with Gasteiger partial charge >= 0.3 is 0 Å². The quantitative estimate of drug-likeness (QED) is 0.627. The van der Waals surface area contributed by atoms with Crippen LogP contribution in [-0.2, 0) is 0 Å². The molecule has 0 aliphatic rings. The second kappa shape index (κ2) is 4.14. The highest BCUT2D eigenvalue weighted by Gasteiger charge is 2.06. The molecule has 2 aromatic rings. The van der Waals surface area contributed by atoms with Crippen molar-refractivity contribution in [2.24, 2.45) is 0 Å². The normalized spacial score (nSPS) is 10.3. The zero-order valence-electron chi connectivity index (χ0n) is 7.54. The molecule has 0 fully saturated rings. The minimum Gasteiger partial charge on any atom is -0.453 e. The summed E-state index contributed by atoms with van der Waals surface area (Å²) < 4.78 is 19.1. The lowest BCUT2D eigenvalue weighted by Crippen LogP contribution is -1.81. The molecule has 2 nitrogen and oxygen atoms in total. The highest BCUT2D eigenvalue weighted by molar-refractivity contribution is 14.1. The van der Waals surface area contributed by atoms with Crippen molar-refractivity contribution in [1.29, 1.82) is 0 Å². The van der Waals surface area contributed by atoms with E-state index in [1.165, 1.54) is 12.1 Å². The van der Waals surface area contributed by atoms with E-state index >= 15 is 0 Å². The van der Waals surface area contributed by atoms with Crippen molar-refractivity contribution >= 4 is 28.9 Å². The van der Waals surface area contributed by atoms with Crippen molar-refractivity contribution in [1.82, 2.24) is 0 Å². The molecule has 0 spiro atoms. The lowest BCUT2D eigenvalue weighted by Gasteiger charge is -1.98. The van der Waals surface area contributed by atoms with Crippen LogP contribution in [0.1, 0.15) is 10.6 Å². The van der Waals surface area contributed by atoms with Crippen LogP contribution in [0.3, 0.4) is 0 Å². The van der Waals surface area contributed by atoms with Crippen molar-refractivity contribution in [3.8, 4) is 11.3 Å². The Labute approximate surface area is 99.2 Å². The number of rotatable bonds is 2. The molecule has 0 amide bonds. The van der Waals surface area contributed by atoms with Crippen molar-refractivity contribution in [3.05, 3.63) is 45.5 Å². The Morgan fingerprint density at radius 1 is 1.27 bits per heavy atom. The van der Waals surface area contributed by atoms with E-state index in [-0.39, 0.29) is 11.6 Å². The second-order valence-corrected chi connectivity index (χ2v) is 4.22. The van der Waals surface area contributed by atoms with E-state index < -0.39 is 0 Å². The molecule has 0 atom stereocenters. The molecule has 2 rings (SSSR count). The van der Waals surface area contributed by atoms with Gasteiger partial charge in [-0.3, -0.25) is 4.79 Å². The molecule has 0 saturated carbocycles. The predicted octanol–water partition coefficient (Wildman–Crippen LogP) is 3.50. The third-order valence-electron chi connectivity index (χ3n) is 1.89. The van der Waals surface area contributed by atoms with Crippen molar-refractivity contribution in [3.63, 3.8) is 0 Å². The fourth-order valence-corrected chi connectivity index (χ4v) is 1.90. The van der Waals surface area contributed by atoms with Crippen LogP contribution in [0.15, 0.2) is 34.7 Å². The molecule has 0 aliphatic heterocycles. The molecule has 0 bridgehead atoms. The summed E-state index contributed by atoms with van der Waals surface area (Å²) in [6.45, 7) is 0. The Kier molecular flexibility index (Phi) is 2.86. The van der Waals surface area contributed by atoms with Gasteiger partial charge in [-0.25, -0.2) is 4.39 Å². The first-order valence-electron chi connectivity index (χ1n) is 4.20. The number of halogens is 2. The van der Waals surface area contributed by atoms with Gasteiger partial charge in [0, 0.05) is 9.13 Å². The molecule has 0 unspecified atom stereocenters. The molecule has 0 aliphatic carbocycles. The van der Waals surface area contributed by atoms with Gasteiger partial charge in [0.25, 0.3) is 0 Å². The molecule has 15 heavy (non-hydrogen) atoms. The molecule has 1 aromatic carbocycles. The molecule has 0 N–H and O–H groups in total. The molecule has 0 saturated heterocycles. The molecule has 1 heterocycles. The maximum Gasteiger partial charge on any atom is 0.185 e. The largest absolute Gasteiger partial charge is 0.453 e. The van der Waals surface area contributed by atoms with Gasteiger partial charge in [0.2, 0.25) is 0 Å². The van der Waals surface area contributed by atoms with Crippen LogP contribution in [0.5, 0.6) is 0 Å². The third kappa shape index (κ3) is 2.26. The Morgan fingerprint density at radius 3 is 2.67 bits per heavy atom. The molecule has 76 valence electrons. The summed E-state index contributed by atoms with van der Waals surface area (Å²) in [5.41, 5.74) is 0.632. The first-order chi connectivity index (χ1) is 7.19. The summed E-state index contributed by atoms with van der Waals surface area (Å²) in [6, 6.07) is 7.79. The van der Waals surface area contributed by atoms with Gasteiger partial charge in [-0.05, 0) is 52.9 Å². The molecule has 4 heteroatoms. The summed E-state index contributed by atoms with van der Waals surface area (Å²) in [6.07, 6.45) is 0.619. The summed E-state index contributed by atoms with van der Waals surface area (Å²) >= 11 is 2.02. The number of carbonyl (C=O) groups is 1. The van der Waals surface area contributed by atoms with E-state index in [0.717, 1.165) is 3.57 Å². The Hall–Kier alpha value is -1.17. The molecular weight excluding hydrogens is 310 g/mol. The smallest absolute Gasteiger partial charge is 0.185 e. The van der Waals surface area contributed by atoms with E-state index in [2.05, 4.69) is 0 Å². The first kappa shape index (κ1) is 10.4. The Morgan fingerprint density at radius 2 is 2.07 bits per heavy atom. The van der Waals surface area contributed by atoms with Crippen LogP contribution < -0.4 is 0 Å². The minimum absolute atomic E-state index is 0.240. The van der Waals surface area contributed by atoms with Crippen molar-refractivity contribution in [2.75, 3.05) is 0 Å². The Bertz CT molecular complexity index is 485. The van der Waals surface area contributed by atoms with Gasteiger partial charge < -0.3 is 4.42 Å². The summed E-state index contributed by atoms with van der Waals surface area (Å²) in [4.78, 5) is 10.4. The van der Waals surface area contributed by atoms with Gasteiger partial charge in [0.1, 0.15) is 11.6 Å². The number of hydrogen-bond acceptors (Lipinski definition) is 2. The van der Waals surface area contributed by atoms with Gasteiger partial charge in [-0.1, -0.05) is 0 Å². The lowest BCUT2D eigenvalue weighted by molar-refractivity contribution is 0.110. The first-order valence-corrected chi connectivity index (χ1v) is 5.28. The zero-order chi connectivity index (χ0) is 10.8. The fourth-order valence-electron chi connectivity index (χ4n) is 1.27. The van der Waals surface area contributed by atoms with Gasteiger partial charge in [0.15, 0.2) is 12.0 Å². The van der Waals surface area contributed by atoms with E-state index in [4.69, 9.17) is 4.42 Å². The van der Waals surface area contributed by atoms with Gasteiger partial charge in [-0.2, -0.15) is 0 Å². The average molecular weight is 316 g/mol. The van der Waals surface area contributed by atoms with Crippen LogP contribution in [-0.4, -0.2) is 6.29 Å². The van der Waals surface area contributed by atoms with Crippen LogP contribution in [0.4, 0.5) is 4.39 Å². The zero-order valence-corrected chi connectivity index (χ0v) is 9.69. The SMILES string of the molecule is O=Cc1ccc(-c2cc(F)cc(I)c2)o1. The van der Waals surface area contributed by atoms with Crippen molar-refractivity contribution < 1.29 is 13.6 Å². The lowest BCUT2D eigenvalue weighted by atomic mass is 10.2. The van der Waals surface area contributed by atoms with Crippen molar-refractivity contribution in [2.45, 2.75) is 0 Å². The van der Waals surface area contributed by atoms with E-state index in [1.807, 2.05) is 22.6 Å². The minimum atomic E-state index is -0.319. The summed E-state index contributed by atoms with van der Waals surface area (Å²) in [5.74, 6) is 0.416. The van der Waals surface area contributed by atoms with E-state index in [0.29, 0.717) is 17.6 Å². The highest BCUT2D eigenvalue weighted by Crippen LogP contribution is 2.24. The van der Waals surface area contributed by atoms with Crippen LogP contribution >= 0.6 is 22.6 Å². The van der Waals surface area contributed by atoms with Crippen LogP contribution in [0.25, 0.3) is 11.3 Å². The standard InChI is InChI=1S/C11H6FIO2/c12-8-3-7(4-9(13)5-8)11-2-1-10(6-14)15-11/h1-6H. The molecule has 0 radical (unpaired) electrons. The number of benzene rings is 1. The molecule has 1 aromatic heterocycles. The maximum atomic E-state index is 13.1. The summed E-state index contributed by atoms with van der Waals surface area (Å²) in [5, 5.41) is 0. The maximum absolute atomic E-state index is 13.1. The van der Waals surface area contributed by atoms with Gasteiger partial charge in [0.05, 0.1) is 0 Å². The second-order valence-electron chi connectivity index (χ2n) is 2.98. The topological polar surface area (TPSA) is 30.2 Å². The number of aldehydes is 1. The Balaban J connectivity index is 2.48. The average Bonchev–Trinajstić information content (AvgIpc) is 2.64.